The molecule has 0 unspecified atom stereocenters. The summed E-state index contributed by atoms with van der Waals surface area (Å²) in [7, 11) is 0. The Bertz CT molecular complexity index is 467. The van der Waals surface area contributed by atoms with Crippen LogP contribution in [0.25, 0.3) is 0 Å². The van der Waals surface area contributed by atoms with Crippen molar-refractivity contribution >= 4 is 17.7 Å². The first kappa shape index (κ1) is 17.1. The average Bonchev–Trinajstić information content (AvgIpc) is 2.43. The van der Waals surface area contributed by atoms with E-state index in [1.54, 1.807) is 19.1 Å². The van der Waals surface area contributed by atoms with Crippen LogP contribution in [0, 0.1) is 5.92 Å². The zero-order valence-electron chi connectivity index (χ0n) is 12.3. The van der Waals surface area contributed by atoms with Crippen LogP contribution in [0.4, 0.5) is 0 Å². The number of ketones is 1. The van der Waals surface area contributed by atoms with Crippen molar-refractivity contribution in [1.82, 2.24) is 5.32 Å². The second-order valence-corrected chi connectivity index (χ2v) is 4.85. The molecule has 0 bridgehead atoms. The number of carbonyl (C=O) groups excluding carboxylic acids is 2. The van der Waals surface area contributed by atoms with Gasteiger partial charge < -0.3 is 15.2 Å². The van der Waals surface area contributed by atoms with Crippen LogP contribution in [0.2, 0.25) is 0 Å². The highest BCUT2D eigenvalue weighted by Gasteiger charge is 2.26. The summed E-state index contributed by atoms with van der Waals surface area (Å²) in [6.07, 6.45) is 5.44. The lowest BCUT2D eigenvalue weighted by Crippen LogP contribution is -2.36. The van der Waals surface area contributed by atoms with Crippen LogP contribution in [-0.2, 0) is 19.1 Å². The third-order valence-electron chi connectivity index (χ3n) is 3.24. The maximum Gasteiger partial charge on any atom is 0.320 e. The van der Waals surface area contributed by atoms with E-state index in [2.05, 4.69) is 5.32 Å². The maximum atomic E-state index is 12.0. The van der Waals surface area contributed by atoms with Gasteiger partial charge in [-0.25, -0.2) is 0 Å². The summed E-state index contributed by atoms with van der Waals surface area (Å²) in [6, 6.07) is -0.685. The first-order valence-corrected chi connectivity index (χ1v) is 6.98. The predicted octanol–water partition coefficient (Wildman–Crippen LogP) is 1.07. The van der Waals surface area contributed by atoms with Gasteiger partial charge in [0.15, 0.2) is 5.78 Å². The number of ether oxygens (including phenoxy) is 1. The molecule has 0 aliphatic heterocycles. The average molecular weight is 295 g/mol. The van der Waals surface area contributed by atoms with Gasteiger partial charge in [-0.3, -0.25) is 14.4 Å². The number of hydrogen-bond donors (Lipinski definition) is 2. The van der Waals surface area contributed by atoms with Gasteiger partial charge in [0.1, 0.15) is 6.04 Å². The molecule has 0 fully saturated rings. The molecule has 0 aromatic heterocycles. The molecule has 0 saturated carbocycles. The monoisotopic (exact) mass is 295 g/mol. The highest BCUT2D eigenvalue weighted by molar-refractivity contribution is 5.94. The molecule has 1 aliphatic carbocycles. The minimum Gasteiger partial charge on any atom is -0.480 e. The smallest absolute Gasteiger partial charge is 0.320 e. The molecule has 1 aliphatic rings. The molecule has 0 heterocycles. The van der Waals surface area contributed by atoms with Crippen LogP contribution in [0.5, 0.6) is 0 Å². The third-order valence-corrected chi connectivity index (χ3v) is 3.24. The Balaban J connectivity index is 2.67. The highest BCUT2D eigenvalue weighted by Crippen LogP contribution is 2.23. The third kappa shape index (κ3) is 5.51. The topological polar surface area (TPSA) is 92.7 Å². The van der Waals surface area contributed by atoms with E-state index in [-0.39, 0.29) is 24.8 Å². The molecule has 0 aromatic carbocycles. The first-order valence-electron chi connectivity index (χ1n) is 6.98. The van der Waals surface area contributed by atoms with Gasteiger partial charge in [-0.2, -0.15) is 0 Å². The molecule has 116 valence electrons. The summed E-state index contributed by atoms with van der Waals surface area (Å²) in [5, 5.41) is 11.6. The predicted molar refractivity (Wildman–Crippen MR) is 76.7 cm³/mol. The Hall–Kier alpha value is -1.95. The first-order chi connectivity index (χ1) is 9.95. The summed E-state index contributed by atoms with van der Waals surface area (Å²) in [6.45, 7) is 3.88. The molecule has 0 saturated heterocycles. The molecule has 6 nitrogen and oxygen atoms in total. The summed E-state index contributed by atoms with van der Waals surface area (Å²) >= 11 is 0. The van der Waals surface area contributed by atoms with E-state index in [1.807, 2.05) is 0 Å². The molecular weight excluding hydrogens is 274 g/mol. The number of carbonyl (C=O) groups is 3. The fourth-order valence-corrected chi connectivity index (χ4v) is 2.07. The molecule has 6 heteroatoms. The lowest BCUT2D eigenvalue weighted by molar-refractivity contribution is -0.146. The number of nitrogens with one attached hydrogen (secondary N) is 1. The van der Waals surface area contributed by atoms with E-state index in [1.165, 1.54) is 13.0 Å². The fourth-order valence-electron chi connectivity index (χ4n) is 2.07. The van der Waals surface area contributed by atoms with Crippen molar-refractivity contribution in [3.63, 3.8) is 0 Å². The van der Waals surface area contributed by atoms with Crippen molar-refractivity contribution in [1.29, 1.82) is 0 Å². The van der Waals surface area contributed by atoms with Crippen molar-refractivity contribution in [3.05, 3.63) is 23.8 Å². The molecule has 1 rings (SSSR count). The van der Waals surface area contributed by atoms with Gasteiger partial charge in [0, 0.05) is 6.42 Å². The number of carboxylic acids is 1. The van der Waals surface area contributed by atoms with E-state index in [9.17, 15) is 14.4 Å². The van der Waals surface area contributed by atoms with Crippen molar-refractivity contribution in [2.24, 2.45) is 5.92 Å². The van der Waals surface area contributed by atoms with E-state index >= 15 is 0 Å². The van der Waals surface area contributed by atoms with Crippen LogP contribution in [0.3, 0.4) is 0 Å². The quantitative estimate of drug-likeness (QED) is 0.651. The standard InChI is InChI=1S/C15H21NO5/c1-3-21-15(20)13(7-8-16-10(2)14(18)19)11-5-4-6-12(17)9-11/h4-6,10,13,16H,3,7-9H2,1-2H3,(H,18,19)/t10-,13-/m0/s1. The Morgan fingerprint density at radius 1 is 1.48 bits per heavy atom. The fraction of sp³-hybridized carbons (Fsp3) is 0.533. The molecule has 0 spiro atoms. The Kier molecular flexibility index (Phi) is 6.81. The Morgan fingerprint density at radius 3 is 2.76 bits per heavy atom. The van der Waals surface area contributed by atoms with Gasteiger partial charge in [-0.15, -0.1) is 0 Å². The van der Waals surface area contributed by atoms with Crippen LogP contribution >= 0.6 is 0 Å². The molecule has 0 aromatic rings. The minimum atomic E-state index is -0.947. The van der Waals surface area contributed by atoms with E-state index < -0.39 is 17.9 Å². The van der Waals surface area contributed by atoms with Crippen LogP contribution in [0.1, 0.15) is 26.7 Å². The molecule has 21 heavy (non-hydrogen) atoms. The molecule has 0 amide bonds. The summed E-state index contributed by atoms with van der Waals surface area (Å²) in [5.41, 5.74) is 0.714. The number of allylic oxidation sites excluding steroid dienone is 3. The zero-order valence-corrected chi connectivity index (χ0v) is 12.3. The summed E-state index contributed by atoms with van der Waals surface area (Å²) in [5.74, 6) is -1.89. The Morgan fingerprint density at radius 2 is 2.19 bits per heavy atom. The van der Waals surface area contributed by atoms with Crippen LogP contribution < -0.4 is 5.32 Å². The van der Waals surface area contributed by atoms with Crippen molar-refractivity contribution < 1.29 is 24.2 Å². The highest BCUT2D eigenvalue weighted by atomic mass is 16.5. The lowest BCUT2D eigenvalue weighted by Gasteiger charge is -2.20. The summed E-state index contributed by atoms with van der Waals surface area (Å²) < 4.78 is 5.04. The van der Waals surface area contributed by atoms with Gasteiger partial charge in [0.2, 0.25) is 0 Å². The van der Waals surface area contributed by atoms with Crippen molar-refractivity contribution in [2.75, 3.05) is 13.2 Å². The van der Waals surface area contributed by atoms with Crippen LogP contribution in [-0.4, -0.2) is 42.0 Å². The van der Waals surface area contributed by atoms with E-state index in [0.29, 0.717) is 18.5 Å². The number of hydrogen-bond acceptors (Lipinski definition) is 5. The second kappa shape index (κ2) is 8.36. The number of esters is 1. The molecule has 0 radical (unpaired) electrons. The maximum absolute atomic E-state index is 12.0. The largest absolute Gasteiger partial charge is 0.480 e. The van der Waals surface area contributed by atoms with Crippen molar-refractivity contribution in [3.8, 4) is 0 Å². The van der Waals surface area contributed by atoms with Crippen LogP contribution in [0.15, 0.2) is 23.8 Å². The normalized spacial score (nSPS) is 17.0. The van der Waals surface area contributed by atoms with E-state index in [4.69, 9.17) is 9.84 Å². The minimum absolute atomic E-state index is 0.0475. The van der Waals surface area contributed by atoms with Gasteiger partial charge in [0.25, 0.3) is 0 Å². The van der Waals surface area contributed by atoms with Gasteiger partial charge >= 0.3 is 11.9 Å². The SMILES string of the molecule is CCOC(=O)[C@@H](CCN[C@@H](C)C(=O)O)C1=CC=CC(=O)C1. The van der Waals surface area contributed by atoms with Gasteiger partial charge in [-0.1, -0.05) is 12.2 Å². The lowest BCUT2D eigenvalue weighted by atomic mass is 9.89. The van der Waals surface area contributed by atoms with Gasteiger partial charge in [-0.05, 0) is 38.5 Å². The van der Waals surface area contributed by atoms with E-state index in [0.717, 1.165) is 0 Å². The Labute approximate surface area is 123 Å². The number of carboxylic acid groups (broad SMARTS) is 1. The number of rotatable bonds is 8. The van der Waals surface area contributed by atoms with Gasteiger partial charge in [0.05, 0.1) is 12.5 Å². The molecule has 2 N–H and O–H groups in total. The number of aliphatic carboxylic acids is 1. The zero-order chi connectivity index (χ0) is 15.8. The molecular formula is C15H21NO5. The second-order valence-electron chi connectivity index (χ2n) is 4.85. The van der Waals surface area contributed by atoms with Crippen molar-refractivity contribution in [2.45, 2.75) is 32.7 Å². The summed E-state index contributed by atoms with van der Waals surface area (Å²) in [4.78, 5) is 34.2. The molecule has 2 atom stereocenters.